The molecule has 0 spiro atoms. The Morgan fingerprint density at radius 1 is 0.435 bits per heavy atom. The zero-order valence-electron chi connectivity index (χ0n) is 25.5. The molecule has 0 fully saturated rings. The summed E-state index contributed by atoms with van der Waals surface area (Å²) in [6.45, 7) is 4.64. The topological polar surface area (TPSA) is 51.8 Å². The summed E-state index contributed by atoms with van der Waals surface area (Å²) in [6.07, 6.45) is 0. The molecule has 2 heterocycles. The predicted molar refractivity (Wildman–Crippen MR) is 186 cm³/mol. The molecule has 46 heavy (non-hydrogen) atoms. The van der Waals surface area contributed by atoms with Crippen molar-refractivity contribution in [1.29, 1.82) is 0 Å². The third kappa shape index (κ3) is 4.11. The molecule has 0 atom stereocenters. The summed E-state index contributed by atoms with van der Waals surface area (Å²) in [5.41, 5.74) is 12.1. The van der Waals surface area contributed by atoms with Gasteiger partial charge in [0.25, 0.3) is 0 Å². The van der Waals surface area contributed by atoms with E-state index in [1.54, 1.807) is 0 Å². The Morgan fingerprint density at radius 2 is 0.935 bits per heavy atom. The van der Waals surface area contributed by atoms with Gasteiger partial charge in [-0.25, -0.2) is 15.0 Å². The quantitative estimate of drug-likeness (QED) is 0.204. The van der Waals surface area contributed by atoms with Crippen LogP contribution in [0.15, 0.2) is 144 Å². The van der Waals surface area contributed by atoms with Crippen molar-refractivity contribution in [3.05, 3.63) is 151 Å². The molecule has 8 aromatic rings. The van der Waals surface area contributed by atoms with Gasteiger partial charge in [0, 0.05) is 32.9 Å². The van der Waals surface area contributed by atoms with Crippen molar-refractivity contribution in [2.24, 2.45) is 0 Å². The van der Waals surface area contributed by atoms with Gasteiger partial charge in [-0.2, -0.15) is 0 Å². The lowest BCUT2D eigenvalue weighted by atomic mass is 9.82. The van der Waals surface area contributed by atoms with E-state index in [4.69, 9.17) is 19.4 Å². The standard InChI is InChI=1S/C42H29N3O/c1-42(2)34-18-10-9-16-33(34)38-30(17-11-19-35(38)42)28-20-22-31-32-23-21-29(25-37(32)46-36(31)24-28)41-44-39(26-12-5-3-6-13-26)43-40(45-41)27-14-7-4-8-15-27/h3-25H,1-2H3. The van der Waals surface area contributed by atoms with E-state index in [0.29, 0.717) is 17.5 Å². The first-order chi connectivity index (χ1) is 22.5. The minimum Gasteiger partial charge on any atom is -0.456 e. The van der Waals surface area contributed by atoms with Gasteiger partial charge in [0.2, 0.25) is 0 Å². The van der Waals surface area contributed by atoms with E-state index in [1.165, 1.54) is 27.8 Å². The van der Waals surface area contributed by atoms with Crippen molar-refractivity contribution in [2.45, 2.75) is 19.3 Å². The zero-order valence-corrected chi connectivity index (χ0v) is 25.5. The first-order valence-electron chi connectivity index (χ1n) is 15.6. The summed E-state index contributed by atoms with van der Waals surface area (Å²) >= 11 is 0. The number of benzene rings is 6. The first-order valence-corrected chi connectivity index (χ1v) is 15.6. The fourth-order valence-corrected chi connectivity index (χ4v) is 7.02. The molecular formula is C42H29N3O. The summed E-state index contributed by atoms with van der Waals surface area (Å²) in [4.78, 5) is 14.7. The van der Waals surface area contributed by atoms with Crippen molar-refractivity contribution in [1.82, 2.24) is 15.0 Å². The highest BCUT2D eigenvalue weighted by molar-refractivity contribution is 6.07. The van der Waals surface area contributed by atoms with Crippen LogP contribution in [-0.2, 0) is 5.41 Å². The lowest BCUT2D eigenvalue weighted by molar-refractivity contribution is 0.660. The molecule has 4 heteroatoms. The van der Waals surface area contributed by atoms with Crippen LogP contribution in [0.5, 0.6) is 0 Å². The molecule has 2 aromatic heterocycles. The van der Waals surface area contributed by atoms with Gasteiger partial charge >= 0.3 is 0 Å². The van der Waals surface area contributed by atoms with Gasteiger partial charge in [0.1, 0.15) is 11.2 Å². The summed E-state index contributed by atoms with van der Waals surface area (Å²) in [5.74, 6) is 1.88. The van der Waals surface area contributed by atoms with Crippen LogP contribution in [0.2, 0.25) is 0 Å². The van der Waals surface area contributed by atoms with Gasteiger partial charge in [-0.3, -0.25) is 0 Å². The Bertz CT molecular complexity index is 2380. The number of hydrogen-bond acceptors (Lipinski definition) is 4. The average molecular weight is 592 g/mol. The van der Waals surface area contributed by atoms with Crippen LogP contribution < -0.4 is 0 Å². The Labute approximate surface area is 267 Å². The van der Waals surface area contributed by atoms with Crippen LogP contribution in [-0.4, -0.2) is 15.0 Å². The van der Waals surface area contributed by atoms with Crippen molar-refractivity contribution < 1.29 is 4.42 Å². The molecular weight excluding hydrogens is 562 g/mol. The molecule has 1 aliphatic rings. The Balaban J connectivity index is 1.17. The van der Waals surface area contributed by atoms with Crippen LogP contribution in [0.3, 0.4) is 0 Å². The van der Waals surface area contributed by atoms with E-state index >= 15 is 0 Å². The fraction of sp³-hybridized carbons (Fsp3) is 0.0714. The Morgan fingerprint density at radius 3 is 1.59 bits per heavy atom. The van der Waals surface area contributed by atoms with E-state index in [0.717, 1.165) is 44.2 Å². The monoisotopic (exact) mass is 591 g/mol. The number of hydrogen-bond donors (Lipinski definition) is 0. The molecule has 4 nitrogen and oxygen atoms in total. The number of nitrogens with zero attached hydrogens (tertiary/aromatic N) is 3. The molecule has 0 bridgehead atoms. The summed E-state index contributed by atoms with van der Waals surface area (Å²) in [5, 5.41) is 2.15. The maximum Gasteiger partial charge on any atom is 0.164 e. The van der Waals surface area contributed by atoms with Crippen LogP contribution in [0.25, 0.3) is 78.4 Å². The highest BCUT2D eigenvalue weighted by atomic mass is 16.3. The molecule has 0 amide bonds. The van der Waals surface area contributed by atoms with Crippen molar-refractivity contribution in [3.63, 3.8) is 0 Å². The average Bonchev–Trinajstić information content (AvgIpc) is 3.60. The normalized spacial score (nSPS) is 13.2. The van der Waals surface area contributed by atoms with Crippen molar-refractivity contribution >= 4 is 21.9 Å². The first kappa shape index (κ1) is 26.5. The second-order valence-electron chi connectivity index (χ2n) is 12.5. The number of aromatic nitrogens is 3. The highest BCUT2D eigenvalue weighted by Crippen LogP contribution is 2.52. The van der Waals surface area contributed by atoms with Gasteiger partial charge in [-0.1, -0.05) is 129 Å². The molecule has 218 valence electrons. The zero-order chi connectivity index (χ0) is 30.8. The lowest BCUT2D eigenvalue weighted by Crippen LogP contribution is -2.14. The van der Waals surface area contributed by atoms with E-state index < -0.39 is 0 Å². The van der Waals surface area contributed by atoms with E-state index in [1.807, 2.05) is 66.7 Å². The lowest BCUT2D eigenvalue weighted by Gasteiger charge is -2.21. The van der Waals surface area contributed by atoms with Gasteiger partial charge in [-0.15, -0.1) is 0 Å². The van der Waals surface area contributed by atoms with Crippen LogP contribution in [0.4, 0.5) is 0 Å². The fourth-order valence-electron chi connectivity index (χ4n) is 7.02. The van der Waals surface area contributed by atoms with E-state index in [9.17, 15) is 0 Å². The second-order valence-corrected chi connectivity index (χ2v) is 12.5. The van der Waals surface area contributed by atoms with Crippen molar-refractivity contribution in [3.8, 4) is 56.4 Å². The number of fused-ring (bicyclic) bond motifs is 6. The third-order valence-electron chi connectivity index (χ3n) is 9.35. The second kappa shape index (κ2) is 10.1. The molecule has 0 saturated carbocycles. The summed E-state index contributed by atoms with van der Waals surface area (Å²) < 4.78 is 6.57. The predicted octanol–water partition coefficient (Wildman–Crippen LogP) is 10.7. The van der Waals surface area contributed by atoms with Gasteiger partial charge in [-0.05, 0) is 57.6 Å². The van der Waals surface area contributed by atoms with Crippen molar-refractivity contribution in [2.75, 3.05) is 0 Å². The SMILES string of the molecule is CC1(C)c2ccccc2-c2c(-c3ccc4c(c3)oc3cc(-c5nc(-c6ccccc6)nc(-c6ccccc6)n5)ccc34)cccc21. The Kier molecular flexibility index (Phi) is 5.81. The highest BCUT2D eigenvalue weighted by Gasteiger charge is 2.36. The maximum atomic E-state index is 6.57. The number of furan rings is 1. The third-order valence-corrected chi connectivity index (χ3v) is 9.35. The smallest absolute Gasteiger partial charge is 0.164 e. The summed E-state index contributed by atoms with van der Waals surface area (Å²) in [6, 6.07) is 48.4. The minimum absolute atomic E-state index is 0.0441. The van der Waals surface area contributed by atoms with Gasteiger partial charge < -0.3 is 4.42 Å². The molecule has 1 aliphatic carbocycles. The van der Waals surface area contributed by atoms with Crippen LogP contribution in [0.1, 0.15) is 25.0 Å². The molecule has 0 unspecified atom stereocenters. The van der Waals surface area contributed by atoms with Gasteiger partial charge in [0.05, 0.1) is 0 Å². The molecule has 9 rings (SSSR count). The van der Waals surface area contributed by atoms with E-state index in [2.05, 4.69) is 86.6 Å². The molecule has 0 N–H and O–H groups in total. The molecule has 0 radical (unpaired) electrons. The number of rotatable bonds is 4. The minimum atomic E-state index is -0.0441. The van der Waals surface area contributed by atoms with Crippen LogP contribution in [0, 0.1) is 0 Å². The largest absolute Gasteiger partial charge is 0.456 e. The molecule has 0 aliphatic heterocycles. The maximum absolute atomic E-state index is 6.57. The summed E-state index contributed by atoms with van der Waals surface area (Å²) in [7, 11) is 0. The van der Waals surface area contributed by atoms with E-state index in [-0.39, 0.29) is 5.41 Å². The molecule has 0 saturated heterocycles. The van der Waals surface area contributed by atoms with Crippen LogP contribution >= 0.6 is 0 Å². The Hall–Kier alpha value is -5.87. The van der Waals surface area contributed by atoms with Gasteiger partial charge in [0.15, 0.2) is 17.5 Å². The molecule has 6 aromatic carbocycles.